The van der Waals surface area contributed by atoms with E-state index in [-0.39, 0.29) is 18.4 Å². The molecule has 0 aliphatic heterocycles. The van der Waals surface area contributed by atoms with E-state index in [0.29, 0.717) is 24.4 Å². The van der Waals surface area contributed by atoms with Crippen LogP contribution in [-0.4, -0.2) is 44.1 Å². The number of anilines is 1. The molecule has 6 heteroatoms. The average molecular weight is 356 g/mol. The Morgan fingerprint density at radius 2 is 1.85 bits per heavy atom. The molecule has 0 atom stereocenters. The van der Waals surface area contributed by atoms with E-state index in [1.807, 2.05) is 36.2 Å². The normalized spacial score (nSPS) is 10.5. The SMILES string of the molecule is CCOC(=O)c1ccc(NC(=O)CN(C)Cc2cccc(OC)c2)cc1. The van der Waals surface area contributed by atoms with E-state index in [2.05, 4.69) is 5.32 Å². The monoisotopic (exact) mass is 356 g/mol. The number of nitrogens with zero attached hydrogens (tertiary/aromatic N) is 1. The van der Waals surface area contributed by atoms with Crippen molar-refractivity contribution in [2.24, 2.45) is 0 Å². The Kier molecular flexibility index (Phi) is 7.17. The summed E-state index contributed by atoms with van der Waals surface area (Å²) >= 11 is 0. The largest absolute Gasteiger partial charge is 0.497 e. The fourth-order valence-electron chi connectivity index (χ4n) is 2.49. The molecule has 0 aliphatic rings. The van der Waals surface area contributed by atoms with Crippen LogP contribution in [0, 0.1) is 0 Å². The maximum atomic E-state index is 12.2. The fraction of sp³-hybridized carbons (Fsp3) is 0.300. The van der Waals surface area contributed by atoms with E-state index in [0.717, 1.165) is 11.3 Å². The Morgan fingerprint density at radius 1 is 1.12 bits per heavy atom. The number of carbonyl (C=O) groups is 2. The van der Waals surface area contributed by atoms with Gasteiger partial charge in [-0.2, -0.15) is 0 Å². The van der Waals surface area contributed by atoms with Crippen molar-refractivity contribution in [1.82, 2.24) is 4.90 Å². The first-order valence-corrected chi connectivity index (χ1v) is 8.40. The molecule has 0 aliphatic carbocycles. The summed E-state index contributed by atoms with van der Waals surface area (Å²) in [5, 5.41) is 2.82. The van der Waals surface area contributed by atoms with Gasteiger partial charge in [-0.1, -0.05) is 12.1 Å². The maximum absolute atomic E-state index is 12.2. The van der Waals surface area contributed by atoms with Crippen molar-refractivity contribution in [3.63, 3.8) is 0 Å². The lowest BCUT2D eigenvalue weighted by atomic mass is 10.2. The fourth-order valence-corrected chi connectivity index (χ4v) is 2.49. The minimum absolute atomic E-state index is 0.126. The molecule has 0 fully saturated rings. The number of ether oxygens (including phenoxy) is 2. The van der Waals surface area contributed by atoms with Crippen molar-refractivity contribution >= 4 is 17.6 Å². The van der Waals surface area contributed by atoms with Gasteiger partial charge >= 0.3 is 5.97 Å². The zero-order chi connectivity index (χ0) is 18.9. The summed E-state index contributed by atoms with van der Waals surface area (Å²) in [4.78, 5) is 25.7. The molecule has 0 unspecified atom stereocenters. The predicted octanol–water partition coefficient (Wildman–Crippen LogP) is 2.94. The molecule has 1 amide bonds. The first kappa shape index (κ1) is 19.5. The number of nitrogens with one attached hydrogen (secondary N) is 1. The van der Waals surface area contributed by atoms with Crippen LogP contribution in [0.15, 0.2) is 48.5 Å². The first-order chi connectivity index (χ1) is 12.5. The molecular weight excluding hydrogens is 332 g/mol. The highest BCUT2D eigenvalue weighted by molar-refractivity contribution is 5.94. The molecule has 0 aromatic heterocycles. The molecule has 0 saturated heterocycles. The second kappa shape index (κ2) is 9.58. The van der Waals surface area contributed by atoms with Gasteiger partial charge in [-0.3, -0.25) is 9.69 Å². The highest BCUT2D eigenvalue weighted by Crippen LogP contribution is 2.14. The molecular formula is C20H24N2O4. The van der Waals surface area contributed by atoms with Gasteiger partial charge in [0.1, 0.15) is 5.75 Å². The molecule has 1 N–H and O–H groups in total. The van der Waals surface area contributed by atoms with Crippen LogP contribution in [-0.2, 0) is 16.1 Å². The van der Waals surface area contributed by atoms with Gasteiger partial charge in [0.2, 0.25) is 5.91 Å². The standard InChI is InChI=1S/C20H24N2O4/c1-4-26-20(24)16-8-10-17(11-9-16)21-19(23)14-22(2)13-15-6-5-7-18(12-15)25-3/h5-12H,4,13-14H2,1-3H3,(H,21,23). The van der Waals surface area contributed by atoms with Crippen molar-refractivity contribution in [3.8, 4) is 5.75 Å². The van der Waals surface area contributed by atoms with Crippen molar-refractivity contribution in [3.05, 3.63) is 59.7 Å². The molecule has 0 spiro atoms. The highest BCUT2D eigenvalue weighted by Gasteiger charge is 2.10. The number of hydrogen-bond donors (Lipinski definition) is 1. The predicted molar refractivity (Wildman–Crippen MR) is 100 cm³/mol. The minimum atomic E-state index is -0.372. The molecule has 2 aromatic rings. The quantitative estimate of drug-likeness (QED) is 0.737. The second-order valence-electron chi connectivity index (χ2n) is 5.87. The maximum Gasteiger partial charge on any atom is 0.338 e. The Hall–Kier alpha value is -2.86. The van der Waals surface area contributed by atoms with Crippen LogP contribution in [0.3, 0.4) is 0 Å². The number of amides is 1. The Balaban J connectivity index is 1.86. The lowest BCUT2D eigenvalue weighted by molar-refractivity contribution is -0.117. The van der Waals surface area contributed by atoms with E-state index in [1.165, 1.54) is 0 Å². The van der Waals surface area contributed by atoms with Crippen LogP contribution in [0.4, 0.5) is 5.69 Å². The lowest BCUT2D eigenvalue weighted by Crippen LogP contribution is -2.29. The number of likely N-dealkylation sites (N-methyl/N-ethyl adjacent to an activating group) is 1. The van der Waals surface area contributed by atoms with E-state index >= 15 is 0 Å². The third kappa shape index (κ3) is 5.89. The van der Waals surface area contributed by atoms with Gasteiger partial charge in [-0.15, -0.1) is 0 Å². The summed E-state index contributed by atoms with van der Waals surface area (Å²) in [5.74, 6) is 0.296. The molecule has 6 nitrogen and oxygen atoms in total. The zero-order valence-electron chi connectivity index (χ0n) is 15.3. The minimum Gasteiger partial charge on any atom is -0.497 e. The van der Waals surface area contributed by atoms with Gasteiger partial charge in [0.15, 0.2) is 0 Å². The van der Waals surface area contributed by atoms with E-state index in [1.54, 1.807) is 38.3 Å². The van der Waals surface area contributed by atoms with E-state index in [9.17, 15) is 9.59 Å². The summed E-state index contributed by atoms with van der Waals surface area (Å²) in [6, 6.07) is 14.4. The summed E-state index contributed by atoms with van der Waals surface area (Å²) in [6.45, 7) is 2.97. The zero-order valence-corrected chi connectivity index (χ0v) is 15.3. The second-order valence-corrected chi connectivity index (χ2v) is 5.87. The smallest absolute Gasteiger partial charge is 0.338 e. The van der Waals surface area contributed by atoms with Gasteiger partial charge in [-0.05, 0) is 55.9 Å². The number of esters is 1. The first-order valence-electron chi connectivity index (χ1n) is 8.40. The molecule has 0 bridgehead atoms. The Bertz CT molecular complexity index is 744. The number of carbonyl (C=O) groups excluding carboxylic acids is 2. The van der Waals surface area contributed by atoms with Crippen LogP contribution in [0.5, 0.6) is 5.75 Å². The van der Waals surface area contributed by atoms with Crippen LogP contribution in [0.1, 0.15) is 22.8 Å². The third-order valence-electron chi connectivity index (χ3n) is 3.68. The molecule has 2 rings (SSSR count). The molecule has 2 aromatic carbocycles. The summed E-state index contributed by atoms with van der Waals surface area (Å²) in [5.41, 5.74) is 2.16. The summed E-state index contributed by atoms with van der Waals surface area (Å²) < 4.78 is 10.1. The Morgan fingerprint density at radius 3 is 2.50 bits per heavy atom. The summed E-state index contributed by atoms with van der Waals surface area (Å²) in [7, 11) is 3.51. The Labute approximate surface area is 153 Å². The van der Waals surface area contributed by atoms with Crippen molar-refractivity contribution in [2.75, 3.05) is 32.6 Å². The number of benzene rings is 2. The molecule has 26 heavy (non-hydrogen) atoms. The van der Waals surface area contributed by atoms with Gasteiger partial charge in [0.25, 0.3) is 0 Å². The number of rotatable bonds is 8. The van der Waals surface area contributed by atoms with Crippen LogP contribution in [0.2, 0.25) is 0 Å². The van der Waals surface area contributed by atoms with E-state index in [4.69, 9.17) is 9.47 Å². The molecule has 0 radical (unpaired) electrons. The van der Waals surface area contributed by atoms with Gasteiger partial charge in [0, 0.05) is 12.2 Å². The van der Waals surface area contributed by atoms with Crippen LogP contribution >= 0.6 is 0 Å². The number of hydrogen-bond acceptors (Lipinski definition) is 5. The van der Waals surface area contributed by atoms with Crippen LogP contribution in [0.25, 0.3) is 0 Å². The summed E-state index contributed by atoms with van der Waals surface area (Å²) in [6.07, 6.45) is 0. The van der Waals surface area contributed by atoms with Crippen molar-refractivity contribution < 1.29 is 19.1 Å². The van der Waals surface area contributed by atoms with Crippen molar-refractivity contribution in [2.45, 2.75) is 13.5 Å². The van der Waals surface area contributed by atoms with Crippen LogP contribution < -0.4 is 10.1 Å². The topological polar surface area (TPSA) is 67.9 Å². The molecule has 138 valence electrons. The molecule has 0 heterocycles. The number of methoxy groups -OCH3 is 1. The third-order valence-corrected chi connectivity index (χ3v) is 3.68. The average Bonchev–Trinajstić information content (AvgIpc) is 2.62. The van der Waals surface area contributed by atoms with E-state index < -0.39 is 0 Å². The van der Waals surface area contributed by atoms with Gasteiger partial charge in [-0.25, -0.2) is 4.79 Å². The van der Waals surface area contributed by atoms with Gasteiger partial charge < -0.3 is 14.8 Å². The highest BCUT2D eigenvalue weighted by atomic mass is 16.5. The van der Waals surface area contributed by atoms with Gasteiger partial charge in [0.05, 0.1) is 25.8 Å². The lowest BCUT2D eigenvalue weighted by Gasteiger charge is -2.17. The molecule has 0 saturated carbocycles. The van der Waals surface area contributed by atoms with Crippen molar-refractivity contribution in [1.29, 1.82) is 0 Å².